The highest BCUT2D eigenvalue weighted by Crippen LogP contribution is 2.05. The summed E-state index contributed by atoms with van der Waals surface area (Å²) in [6.07, 6.45) is 2.28. The van der Waals surface area contributed by atoms with Gasteiger partial charge >= 0.3 is 5.97 Å². The molecule has 0 fully saturated rings. The third-order valence-electron chi connectivity index (χ3n) is 2.69. The molecule has 16 heavy (non-hydrogen) atoms. The first-order valence-electron chi connectivity index (χ1n) is 5.92. The molecule has 88 valence electrons. The van der Waals surface area contributed by atoms with Crippen molar-refractivity contribution in [1.82, 2.24) is 0 Å². The smallest absolute Gasteiger partial charge is 0.306 e. The van der Waals surface area contributed by atoms with E-state index in [1.165, 1.54) is 5.56 Å². The van der Waals surface area contributed by atoms with Gasteiger partial charge in [0.25, 0.3) is 0 Å². The normalized spacial score (nSPS) is 12.1. The maximum Gasteiger partial charge on any atom is 0.306 e. The van der Waals surface area contributed by atoms with Crippen LogP contribution in [0.4, 0.5) is 0 Å². The van der Waals surface area contributed by atoms with Crippen LogP contribution in [0.5, 0.6) is 0 Å². The zero-order chi connectivity index (χ0) is 11.8. The Morgan fingerprint density at radius 3 is 2.62 bits per heavy atom. The third-order valence-corrected chi connectivity index (χ3v) is 2.69. The highest BCUT2D eigenvalue weighted by atomic mass is 16.5. The summed E-state index contributed by atoms with van der Waals surface area (Å²) in [5, 5.41) is 0. The Labute approximate surface area is 97.6 Å². The number of carbonyl (C=O) groups is 1. The number of rotatable bonds is 6. The van der Waals surface area contributed by atoms with Gasteiger partial charge in [0.1, 0.15) is 0 Å². The second-order valence-electron chi connectivity index (χ2n) is 4.18. The number of benzene rings is 1. The van der Waals surface area contributed by atoms with E-state index in [-0.39, 0.29) is 5.97 Å². The molecule has 1 aromatic rings. The molecule has 0 heterocycles. The average Bonchev–Trinajstić information content (AvgIpc) is 2.34. The zero-order valence-corrected chi connectivity index (χ0v) is 10.1. The lowest BCUT2D eigenvalue weighted by atomic mass is 10.1. The van der Waals surface area contributed by atoms with Crippen molar-refractivity contribution in [2.24, 2.45) is 5.92 Å². The van der Waals surface area contributed by atoms with Gasteiger partial charge < -0.3 is 4.74 Å². The fraction of sp³-hybridized carbons (Fsp3) is 0.500. The number of esters is 1. The monoisotopic (exact) mass is 220 g/mol. The summed E-state index contributed by atoms with van der Waals surface area (Å²) in [5.74, 6) is 0.366. The molecule has 0 spiro atoms. The summed E-state index contributed by atoms with van der Waals surface area (Å²) < 4.78 is 5.18. The molecule has 0 amide bonds. The van der Waals surface area contributed by atoms with E-state index >= 15 is 0 Å². The van der Waals surface area contributed by atoms with Crippen molar-refractivity contribution in [2.45, 2.75) is 33.1 Å². The highest BCUT2D eigenvalue weighted by molar-refractivity contribution is 5.69. The Morgan fingerprint density at radius 1 is 1.31 bits per heavy atom. The standard InChI is InChI=1S/C14H20O2/c1-3-12(2)11-16-14(15)10-9-13-7-5-4-6-8-13/h4-8,12H,3,9-11H2,1-2H3. The first-order valence-corrected chi connectivity index (χ1v) is 5.92. The van der Waals surface area contributed by atoms with Crippen LogP contribution in [0.15, 0.2) is 30.3 Å². The summed E-state index contributed by atoms with van der Waals surface area (Å²) in [5.41, 5.74) is 1.18. The van der Waals surface area contributed by atoms with Crippen LogP contribution in [0, 0.1) is 5.92 Å². The molecule has 0 aromatic heterocycles. The molecule has 0 bridgehead atoms. The minimum absolute atomic E-state index is 0.0934. The van der Waals surface area contributed by atoms with Crippen LogP contribution >= 0.6 is 0 Å². The van der Waals surface area contributed by atoms with Gasteiger partial charge in [0.2, 0.25) is 0 Å². The fourth-order valence-corrected chi connectivity index (χ4v) is 1.32. The van der Waals surface area contributed by atoms with Crippen molar-refractivity contribution in [3.05, 3.63) is 35.9 Å². The van der Waals surface area contributed by atoms with Crippen molar-refractivity contribution in [2.75, 3.05) is 6.61 Å². The third kappa shape index (κ3) is 4.96. The second-order valence-corrected chi connectivity index (χ2v) is 4.18. The van der Waals surface area contributed by atoms with Gasteiger partial charge in [-0.2, -0.15) is 0 Å². The lowest BCUT2D eigenvalue weighted by Gasteiger charge is -2.09. The summed E-state index contributed by atoms with van der Waals surface area (Å²) >= 11 is 0. The molecule has 0 aliphatic rings. The summed E-state index contributed by atoms with van der Waals surface area (Å²) in [6, 6.07) is 10.0. The Bertz CT molecular complexity index is 306. The maximum absolute atomic E-state index is 11.4. The Kier molecular flexibility index (Phi) is 5.62. The Hall–Kier alpha value is -1.31. The number of carbonyl (C=O) groups excluding carboxylic acids is 1. The van der Waals surface area contributed by atoms with Crippen molar-refractivity contribution in [3.63, 3.8) is 0 Å². The first kappa shape index (κ1) is 12.8. The molecule has 0 radical (unpaired) electrons. The SMILES string of the molecule is CCC(C)COC(=O)CCc1ccccc1. The van der Waals surface area contributed by atoms with Crippen molar-refractivity contribution >= 4 is 5.97 Å². The van der Waals surface area contributed by atoms with E-state index in [0.29, 0.717) is 18.9 Å². The molecular weight excluding hydrogens is 200 g/mol. The lowest BCUT2D eigenvalue weighted by molar-refractivity contribution is -0.144. The predicted molar refractivity (Wildman–Crippen MR) is 65.2 cm³/mol. The number of ether oxygens (including phenoxy) is 1. The fourth-order valence-electron chi connectivity index (χ4n) is 1.32. The molecule has 1 aromatic carbocycles. The van der Waals surface area contributed by atoms with Crippen LogP contribution < -0.4 is 0 Å². The molecule has 2 heteroatoms. The Morgan fingerprint density at radius 2 is 2.00 bits per heavy atom. The summed E-state index contributed by atoms with van der Waals surface area (Å²) in [7, 11) is 0. The van der Waals surface area contributed by atoms with Gasteiger partial charge in [0, 0.05) is 6.42 Å². The summed E-state index contributed by atoms with van der Waals surface area (Å²) in [4.78, 5) is 11.4. The van der Waals surface area contributed by atoms with Crippen molar-refractivity contribution in [1.29, 1.82) is 0 Å². The Balaban J connectivity index is 2.20. The van der Waals surface area contributed by atoms with E-state index in [1.807, 2.05) is 30.3 Å². The molecule has 1 atom stereocenters. The molecule has 0 saturated carbocycles. The minimum atomic E-state index is -0.0934. The van der Waals surface area contributed by atoms with Gasteiger partial charge in [-0.05, 0) is 17.9 Å². The van der Waals surface area contributed by atoms with Gasteiger partial charge in [0.05, 0.1) is 6.61 Å². The maximum atomic E-state index is 11.4. The van der Waals surface area contributed by atoms with Crippen LogP contribution in [-0.4, -0.2) is 12.6 Å². The predicted octanol–water partition coefficient (Wildman–Crippen LogP) is 3.21. The minimum Gasteiger partial charge on any atom is -0.465 e. The molecule has 0 aliphatic heterocycles. The van der Waals surface area contributed by atoms with Crippen LogP contribution in [0.3, 0.4) is 0 Å². The van der Waals surface area contributed by atoms with Gasteiger partial charge in [0.15, 0.2) is 0 Å². The van der Waals surface area contributed by atoms with Crippen LogP contribution in [0.2, 0.25) is 0 Å². The average molecular weight is 220 g/mol. The van der Waals surface area contributed by atoms with E-state index in [2.05, 4.69) is 13.8 Å². The molecule has 1 unspecified atom stereocenters. The van der Waals surface area contributed by atoms with E-state index in [1.54, 1.807) is 0 Å². The van der Waals surface area contributed by atoms with Gasteiger partial charge in [-0.15, -0.1) is 0 Å². The van der Waals surface area contributed by atoms with Gasteiger partial charge in [-0.25, -0.2) is 0 Å². The molecule has 1 rings (SSSR count). The quantitative estimate of drug-likeness (QED) is 0.688. The molecule has 0 N–H and O–H groups in total. The molecule has 0 aliphatic carbocycles. The van der Waals surface area contributed by atoms with Crippen LogP contribution in [0.25, 0.3) is 0 Å². The van der Waals surface area contributed by atoms with E-state index < -0.39 is 0 Å². The summed E-state index contributed by atoms with van der Waals surface area (Å²) in [6.45, 7) is 4.73. The molecule has 0 saturated heterocycles. The van der Waals surface area contributed by atoms with Crippen molar-refractivity contribution < 1.29 is 9.53 Å². The van der Waals surface area contributed by atoms with E-state index in [4.69, 9.17) is 4.74 Å². The number of aryl methyl sites for hydroxylation is 1. The van der Waals surface area contributed by atoms with E-state index in [0.717, 1.165) is 12.8 Å². The molecule has 2 nitrogen and oxygen atoms in total. The number of hydrogen-bond donors (Lipinski definition) is 0. The lowest BCUT2D eigenvalue weighted by Crippen LogP contribution is -2.11. The highest BCUT2D eigenvalue weighted by Gasteiger charge is 2.06. The van der Waals surface area contributed by atoms with E-state index in [9.17, 15) is 4.79 Å². The second kappa shape index (κ2) is 7.04. The zero-order valence-electron chi connectivity index (χ0n) is 10.1. The first-order chi connectivity index (χ1) is 7.72. The van der Waals surface area contributed by atoms with Crippen LogP contribution in [-0.2, 0) is 16.0 Å². The largest absolute Gasteiger partial charge is 0.465 e. The van der Waals surface area contributed by atoms with Gasteiger partial charge in [-0.1, -0.05) is 50.6 Å². The number of hydrogen-bond acceptors (Lipinski definition) is 2. The van der Waals surface area contributed by atoms with Crippen LogP contribution in [0.1, 0.15) is 32.3 Å². The topological polar surface area (TPSA) is 26.3 Å². The molecular formula is C14H20O2. The van der Waals surface area contributed by atoms with Gasteiger partial charge in [-0.3, -0.25) is 4.79 Å². The van der Waals surface area contributed by atoms with Crippen molar-refractivity contribution in [3.8, 4) is 0 Å².